The Morgan fingerprint density at radius 2 is 1.72 bits per heavy atom. The Hall–Kier alpha value is -2.76. The maximum absolute atomic E-state index is 14.1. The highest BCUT2D eigenvalue weighted by Crippen LogP contribution is 2.37. The van der Waals surface area contributed by atoms with Crippen molar-refractivity contribution in [1.29, 1.82) is 0 Å². The van der Waals surface area contributed by atoms with Crippen LogP contribution in [-0.2, 0) is 9.59 Å². The van der Waals surface area contributed by atoms with Crippen LogP contribution in [0.1, 0.15) is 55.7 Å². The molecule has 1 fully saturated rings. The Morgan fingerprint density at radius 1 is 1.03 bits per heavy atom. The summed E-state index contributed by atoms with van der Waals surface area (Å²) in [5.41, 5.74) is 1.61. The topological polar surface area (TPSA) is 49.4 Å². The lowest BCUT2D eigenvalue weighted by Crippen LogP contribution is -2.39. The lowest BCUT2D eigenvalue weighted by atomic mass is 9.94. The molecule has 152 valence electrons. The number of anilines is 1. The van der Waals surface area contributed by atoms with E-state index in [2.05, 4.69) is 5.32 Å². The molecular formula is C23H24F2N2O2. The van der Waals surface area contributed by atoms with E-state index >= 15 is 0 Å². The van der Waals surface area contributed by atoms with Crippen molar-refractivity contribution >= 4 is 17.5 Å². The van der Waals surface area contributed by atoms with Crippen LogP contribution in [0, 0.1) is 17.6 Å². The summed E-state index contributed by atoms with van der Waals surface area (Å²) < 4.78 is 27.6. The minimum absolute atomic E-state index is 0.123. The molecule has 0 unspecified atom stereocenters. The third-order valence-corrected chi connectivity index (χ3v) is 5.96. The van der Waals surface area contributed by atoms with Gasteiger partial charge in [0.15, 0.2) is 0 Å². The fraction of sp³-hybridized carbons (Fsp3) is 0.391. The first-order valence-corrected chi connectivity index (χ1v) is 10.2. The zero-order valence-corrected chi connectivity index (χ0v) is 16.2. The Bertz CT molecular complexity index is 908. The summed E-state index contributed by atoms with van der Waals surface area (Å²) >= 11 is 0. The van der Waals surface area contributed by atoms with Gasteiger partial charge in [-0.1, -0.05) is 37.8 Å². The number of halogens is 2. The van der Waals surface area contributed by atoms with Crippen molar-refractivity contribution < 1.29 is 18.4 Å². The Balaban J connectivity index is 1.70. The van der Waals surface area contributed by atoms with Gasteiger partial charge in [0.25, 0.3) is 0 Å². The predicted molar refractivity (Wildman–Crippen MR) is 106 cm³/mol. The molecule has 4 rings (SSSR count). The highest BCUT2D eigenvalue weighted by molar-refractivity contribution is 5.97. The van der Waals surface area contributed by atoms with E-state index in [0.717, 1.165) is 19.3 Å². The molecule has 1 atom stereocenters. The van der Waals surface area contributed by atoms with Crippen LogP contribution in [0.5, 0.6) is 0 Å². The van der Waals surface area contributed by atoms with E-state index in [0.29, 0.717) is 29.2 Å². The van der Waals surface area contributed by atoms with Gasteiger partial charge in [0, 0.05) is 17.7 Å². The summed E-state index contributed by atoms with van der Waals surface area (Å²) in [6.45, 7) is -0.123. The zero-order chi connectivity index (χ0) is 20.4. The molecule has 2 aromatic carbocycles. The monoisotopic (exact) mass is 398 g/mol. The van der Waals surface area contributed by atoms with Crippen LogP contribution in [0.3, 0.4) is 0 Å². The molecule has 0 bridgehead atoms. The average Bonchev–Trinajstić information content (AvgIpc) is 3.17. The van der Waals surface area contributed by atoms with Crippen molar-refractivity contribution in [3.63, 3.8) is 0 Å². The summed E-state index contributed by atoms with van der Waals surface area (Å²) in [5.74, 6) is -0.760. The first kappa shape index (κ1) is 19.6. The van der Waals surface area contributed by atoms with Crippen LogP contribution in [-0.4, -0.2) is 23.3 Å². The number of benzene rings is 2. The van der Waals surface area contributed by atoms with Gasteiger partial charge in [-0.15, -0.1) is 0 Å². The van der Waals surface area contributed by atoms with Crippen molar-refractivity contribution in [2.24, 2.45) is 5.92 Å². The summed E-state index contributed by atoms with van der Waals surface area (Å²) in [4.78, 5) is 27.2. The fourth-order valence-electron chi connectivity index (χ4n) is 4.48. The number of nitrogens with zero attached hydrogens (tertiary/aromatic N) is 1. The van der Waals surface area contributed by atoms with Gasteiger partial charge in [0.05, 0.1) is 6.04 Å². The number of nitrogens with one attached hydrogen (secondary N) is 1. The summed E-state index contributed by atoms with van der Waals surface area (Å²) in [5, 5.41) is 2.77. The second-order valence-electron chi connectivity index (χ2n) is 7.94. The molecule has 0 aromatic heterocycles. The molecule has 4 nitrogen and oxygen atoms in total. The van der Waals surface area contributed by atoms with Crippen molar-refractivity contribution in [2.75, 3.05) is 11.9 Å². The SMILES string of the molecule is O=C1CN(C(=O)CCC2CCCC2)[C@@H](c2ccc(F)cc2)c2cc(F)ccc2N1. The van der Waals surface area contributed by atoms with E-state index in [9.17, 15) is 18.4 Å². The molecule has 1 aliphatic heterocycles. The molecular weight excluding hydrogens is 374 g/mol. The lowest BCUT2D eigenvalue weighted by molar-refractivity contribution is -0.136. The van der Waals surface area contributed by atoms with Crippen LogP contribution in [0.15, 0.2) is 42.5 Å². The number of fused-ring (bicyclic) bond motifs is 1. The van der Waals surface area contributed by atoms with E-state index in [-0.39, 0.29) is 18.4 Å². The average molecular weight is 398 g/mol. The van der Waals surface area contributed by atoms with Crippen molar-refractivity contribution in [3.05, 3.63) is 65.2 Å². The largest absolute Gasteiger partial charge is 0.324 e. The van der Waals surface area contributed by atoms with E-state index in [1.807, 2.05) is 0 Å². The van der Waals surface area contributed by atoms with Crippen LogP contribution < -0.4 is 5.32 Å². The van der Waals surface area contributed by atoms with Gasteiger partial charge in [-0.3, -0.25) is 9.59 Å². The maximum Gasteiger partial charge on any atom is 0.244 e. The molecule has 1 heterocycles. The maximum atomic E-state index is 14.1. The molecule has 2 amide bonds. The standard InChI is InChI=1S/C23H24F2N2O2/c24-17-8-6-16(7-9-17)23-19-13-18(25)10-11-20(19)26-21(28)14-27(23)22(29)12-5-15-3-1-2-4-15/h6-11,13,15,23H,1-5,12,14H2,(H,26,28)/t23-/m0/s1. The molecule has 0 saturated heterocycles. The van der Waals surface area contributed by atoms with E-state index in [1.165, 1.54) is 48.1 Å². The van der Waals surface area contributed by atoms with E-state index in [4.69, 9.17) is 0 Å². The number of hydrogen-bond acceptors (Lipinski definition) is 2. The Labute approximate surface area is 168 Å². The Kier molecular flexibility index (Phi) is 5.60. The molecule has 2 aliphatic rings. The molecule has 6 heteroatoms. The molecule has 2 aromatic rings. The third-order valence-electron chi connectivity index (χ3n) is 5.96. The van der Waals surface area contributed by atoms with Crippen LogP contribution >= 0.6 is 0 Å². The molecule has 1 saturated carbocycles. The van der Waals surface area contributed by atoms with Gasteiger partial charge in [0.1, 0.15) is 18.2 Å². The number of rotatable bonds is 4. The van der Waals surface area contributed by atoms with Gasteiger partial charge < -0.3 is 10.2 Å². The predicted octanol–water partition coefficient (Wildman–Crippen LogP) is 4.81. The quantitative estimate of drug-likeness (QED) is 0.804. The number of amides is 2. The number of hydrogen-bond donors (Lipinski definition) is 1. The molecule has 0 spiro atoms. The summed E-state index contributed by atoms with van der Waals surface area (Å²) in [6.07, 6.45) is 5.83. The normalized spacial score (nSPS) is 19.6. The molecule has 0 radical (unpaired) electrons. The minimum atomic E-state index is -0.656. The summed E-state index contributed by atoms with van der Waals surface area (Å²) in [7, 11) is 0. The lowest BCUT2D eigenvalue weighted by Gasteiger charge is -2.31. The molecule has 1 N–H and O–H groups in total. The van der Waals surface area contributed by atoms with Crippen LogP contribution in [0.2, 0.25) is 0 Å². The second kappa shape index (κ2) is 8.31. The van der Waals surface area contributed by atoms with E-state index in [1.54, 1.807) is 12.1 Å². The first-order chi connectivity index (χ1) is 14.0. The van der Waals surface area contributed by atoms with Gasteiger partial charge in [-0.05, 0) is 48.2 Å². The van der Waals surface area contributed by atoms with Crippen LogP contribution in [0.25, 0.3) is 0 Å². The highest BCUT2D eigenvalue weighted by atomic mass is 19.1. The van der Waals surface area contributed by atoms with Crippen molar-refractivity contribution in [3.8, 4) is 0 Å². The first-order valence-electron chi connectivity index (χ1n) is 10.2. The van der Waals surface area contributed by atoms with Gasteiger partial charge in [0.2, 0.25) is 11.8 Å². The number of carbonyl (C=O) groups excluding carboxylic acids is 2. The molecule has 29 heavy (non-hydrogen) atoms. The van der Waals surface area contributed by atoms with Crippen LogP contribution in [0.4, 0.5) is 14.5 Å². The molecule has 1 aliphatic carbocycles. The van der Waals surface area contributed by atoms with Crippen molar-refractivity contribution in [2.45, 2.75) is 44.6 Å². The fourth-order valence-corrected chi connectivity index (χ4v) is 4.48. The van der Waals surface area contributed by atoms with Gasteiger partial charge in [-0.25, -0.2) is 8.78 Å². The minimum Gasteiger partial charge on any atom is -0.324 e. The van der Waals surface area contributed by atoms with E-state index < -0.39 is 17.7 Å². The summed E-state index contributed by atoms with van der Waals surface area (Å²) in [6, 6.07) is 9.27. The smallest absolute Gasteiger partial charge is 0.244 e. The number of carbonyl (C=O) groups is 2. The zero-order valence-electron chi connectivity index (χ0n) is 16.2. The second-order valence-corrected chi connectivity index (χ2v) is 7.94. The Morgan fingerprint density at radius 3 is 2.45 bits per heavy atom. The van der Waals surface area contributed by atoms with Gasteiger partial charge in [-0.2, -0.15) is 0 Å². The van der Waals surface area contributed by atoms with Crippen molar-refractivity contribution in [1.82, 2.24) is 4.90 Å². The van der Waals surface area contributed by atoms with Gasteiger partial charge >= 0.3 is 0 Å². The highest BCUT2D eigenvalue weighted by Gasteiger charge is 2.34. The third kappa shape index (κ3) is 4.31.